The molecule has 0 fully saturated rings. The lowest BCUT2D eigenvalue weighted by atomic mass is 9.72. The lowest BCUT2D eigenvalue weighted by Crippen LogP contribution is -2.47. The summed E-state index contributed by atoms with van der Waals surface area (Å²) >= 11 is 0. The lowest BCUT2D eigenvalue weighted by Gasteiger charge is -2.45. The van der Waals surface area contributed by atoms with E-state index in [-0.39, 0.29) is 11.8 Å². The van der Waals surface area contributed by atoms with Crippen LogP contribution in [0.25, 0.3) is 0 Å². The minimum Gasteiger partial charge on any atom is -0.303 e. The summed E-state index contributed by atoms with van der Waals surface area (Å²) in [5.74, 6) is -0.568. The van der Waals surface area contributed by atoms with E-state index in [0.717, 1.165) is 0 Å². The molecule has 0 spiro atoms. The first-order chi connectivity index (χ1) is 13.4. The van der Waals surface area contributed by atoms with Crippen molar-refractivity contribution >= 4 is 7.82 Å². The van der Waals surface area contributed by atoms with Crippen LogP contribution in [-0.2, 0) is 28.6 Å². The van der Waals surface area contributed by atoms with E-state index >= 15 is 0 Å². The molecular weight excluding hydrogens is 423 g/mol. The van der Waals surface area contributed by atoms with Crippen molar-refractivity contribution in [2.24, 2.45) is 11.8 Å². The quantitative estimate of drug-likeness (QED) is 0.205. The van der Waals surface area contributed by atoms with Crippen molar-refractivity contribution < 1.29 is 38.4 Å². The van der Waals surface area contributed by atoms with Gasteiger partial charge in [-0.25, -0.2) is 24.1 Å². The van der Waals surface area contributed by atoms with E-state index < -0.39 is 35.8 Å². The van der Waals surface area contributed by atoms with Gasteiger partial charge in [-0.3, -0.25) is 4.52 Å². The van der Waals surface area contributed by atoms with Gasteiger partial charge in [0.2, 0.25) is 0 Å². The van der Waals surface area contributed by atoms with Gasteiger partial charge >= 0.3 is 7.82 Å². The fourth-order valence-corrected chi connectivity index (χ4v) is 4.22. The van der Waals surface area contributed by atoms with Crippen molar-refractivity contribution in [1.29, 1.82) is 0 Å². The molecule has 0 amide bonds. The molecule has 0 aliphatic carbocycles. The summed E-state index contributed by atoms with van der Waals surface area (Å²) in [6, 6.07) is 0. The Morgan fingerprint density at radius 3 is 1.16 bits per heavy atom. The van der Waals surface area contributed by atoms with Crippen LogP contribution < -0.4 is 0 Å². The summed E-state index contributed by atoms with van der Waals surface area (Å²) < 4.78 is 17.3. The summed E-state index contributed by atoms with van der Waals surface area (Å²) in [5, 5.41) is 0. The van der Waals surface area contributed by atoms with Crippen LogP contribution in [0.1, 0.15) is 103 Å². The number of hydrogen-bond acceptors (Lipinski definition) is 6. The fourth-order valence-electron chi connectivity index (χ4n) is 3.35. The SMILES string of the molecule is CC(CC(C)(C)OOC(C)(C)C)C(C)(OP(=O)(O)O)C(C)CC(C)(C)OOC(C)(C)C. The van der Waals surface area contributed by atoms with E-state index in [1.54, 1.807) is 6.92 Å². The molecule has 0 aliphatic rings. The van der Waals surface area contributed by atoms with Crippen LogP contribution in [0.15, 0.2) is 0 Å². The molecule has 0 saturated heterocycles. The molecule has 0 saturated carbocycles. The molecule has 31 heavy (non-hydrogen) atoms. The minimum absolute atomic E-state index is 0.284. The van der Waals surface area contributed by atoms with Crippen molar-refractivity contribution in [1.82, 2.24) is 0 Å². The van der Waals surface area contributed by atoms with Gasteiger partial charge in [-0.15, -0.1) is 0 Å². The smallest absolute Gasteiger partial charge is 0.303 e. The topological polar surface area (TPSA) is 104 Å². The van der Waals surface area contributed by atoms with E-state index in [2.05, 4.69) is 0 Å². The highest BCUT2D eigenvalue weighted by molar-refractivity contribution is 7.46. The molecule has 2 unspecified atom stereocenters. The predicted octanol–water partition coefficient (Wildman–Crippen LogP) is 5.96. The normalized spacial score (nSPS) is 18.5. The van der Waals surface area contributed by atoms with Crippen molar-refractivity contribution in [3.63, 3.8) is 0 Å². The van der Waals surface area contributed by atoms with Gasteiger partial charge in [0.25, 0.3) is 0 Å². The van der Waals surface area contributed by atoms with E-state index in [0.29, 0.717) is 12.8 Å². The van der Waals surface area contributed by atoms with Crippen LogP contribution in [0.2, 0.25) is 0 Å². The third-order valence-corrected chi connectivity index (χ3v) is 5.53. The Labute approximate surface area is 189 Å². The van der Waals surface area contributed by atoms with Crippen LogP contribution in [0.3, 0.4) is 0 Å². The summed E-state index contributed by atoms with van der Waals surface area (Å²) in [5.41, 5.74) is -3.52. The number of hydrogen-bond donors (Lipinski definition) is 2. The Morgan fingerprint density at radius 2 is 0.935 bits per heavy atom. The Morgan fingerprint density at radius 1 is 0.645 bits per heavy atom. The van der Waals surface area contributed by atoms with Crippen molar-refractivity contribution in [2.45, 2.75) is 131 Å². The van der Waals surface area contributed by atoms with Gasteiger partial charge in [-0.1, -0.05) is 13.8 Å². The second-order valence-corrected chi connectivity index (χ2v) is 13.2. The average molecular weight is 471 g/mol. The summed E-state index contributed by atoms with van der Waals surface area (Å²) in [4.78, 5) is 41.6. The highest BCUT2D eigenvalue weighted by atomic mass is 31.2. The molecule has 0 aromatic rings. The van der Waals surface area contributed by atoms with E-state index in [4.69, 9.17) is 24.1 Å². The highest BCUT2D eigenvalue weighted by Gasteiger charge is 2.47. The first-order valence-corrected chi connectivity index (χ1v) is 12.4. The van der Waals surface area contributed by atoms with Crippen LogP contribution in [0.5, 0.6) is 0 Å². The maximum absolute atomic E-state index is 11.9. The molecule has 0 aliphatic heterocycles. The number of rotatable bonds is 12. The lowest BCUT2D eigenvalue weighted by molar-refractivity contribution is -0.402. The molecule has 0 heterocycles. The molecule has 2 N–H and O–H groups in total. The molecule has 0 aromatic heterocycles. The molecule has 188 valence electrons. The van der Waals surface area contributed by atoms with Gasteiger partial charge in [-0.2, -0.15) is 0 Å². The second-order valence-electron chi connectivity index (χ2n) is 12.1. The molecule has 0 rings (SSSR count). The van der Waals surface area contributed by atoms with Crippen LogP contribution in [0.4, 0.5) is 0 Å². The summed E-state index contributed by atoms with van der Waals surface area (Å²) in [6.07, 6.45) is 0.896. The standard InChI is InChI=1S/C22H47O8P/c1-16(14-20(9,10)28-26-18(3,4)5)22(13,30-31(23,24)25)17(2)15-21(11,12)29-27-19(6,7)8/h16-17H,14-15H2,1-13H3,(H2,23,24,25). The van der Waals surface area contributed by atoms with E-state index in [1.807, 2.05) is 83.1 Å². The largest absolute Gasteiger partial charge is 0.470 e. The van der Waals surface area contributed by atoms with Gasteiger partial charge in [0, 0.05) is 0 Å². The monoisotopic (exact) mass is 470 g/mol. The number of phosphoric ester groups is 1. The minimum atomic E-state index is -4.75. The molecule has 0 radical (unpaired) electrons. The maximum atomic E-state index is 11.9. The Kier molecular flexibility index (Phi) is 10.5. The predicted molar refractivity (Wildman–Crippen MR) is 121 cm³/mol. The van der Waals surface area contributed by atoms with Crippen molar-refractivity contribution in [2.75, 3.05) is 0 Å². The van der Waals surface area contributed by atoms with Crippen LogP contribution in [-0.4, -0.2) is 37.8 Å². The zero-order valence-corrected chi connectivity index (χ0v) is 22.8. The molecule has 0 bridgehead atoms. The Balaban J connectivity index is 5.59. The molecular formula is C22H47O8P. The zero-order valence-electron chi connectivity index (χ0n) is 21.9. The fraction of sp³-hybridized carbons (Fsp3) is 1.00. The molecule has 8 nitrogen and oxygen atoms in total. The van der Waals surface area contributed by atoms with Gasteiger partial charge < -0.3 is 9.79 Å². The van der Waals surface area contributed by atoms with Crippen molar-refractivity contribution in [3.8, 4) is 0 Å². The Bertz CT molecular complexity index is 560. The maximum Gasteiger partial charge on any atom is 0.470 e. The molecule has 2 atom stereocenters. The molecule has 9 heteroatoms. The van der Waals surface area contributed by atoms with Gasteiger partial charge in [0.1, 0.15) is 0 Å². The van der Waals surface area contributed by atoms with E-state index in [1.165, 1.54) is 0 Å². The highest BCUT2D eigenvalue weighted by Crippen LogP contribution is 2.50. The first-order valence-electron chi connectivity index (χ1n) is 10.9. The van der Waals surface area contributed by atoms with Gasteiger partial charge in [0.05, 0.1) is 28.0 Å². The number of phosphoric acid groups is 1. The third-order valence-electron chi connectivity index (χ3n) is 4.90. The summed E-state index contributed by atoms with van der Waals surface area (Å²) in [7, 11) is -4.75. The zero-order chi connectivity index (χ0) is 25.1. The first kappa shape index (κ1) is 30.9. The van der Waals surface area contributed by atoms with E-state index in [9.17, 15) is 14.4 Å². The third kappa shape index (κ3) is 13.3. The van der Waals surface area contributed by atoms with Gasteiger partial charge in [0.15, 0.2) is 0 Å². The van der Waals surface area contributed by atoms with Crippen molar-refractivity contribution in [3.05, 3.63) is 0 Å². The van der Waals surface area contributed by atoms with Crippen LogP contribution >= 0.6 is 7.82 Å². The van der Waals surface area contributed by atoms with Gasteiger partial charge in [-0.05, 0) is 101 Å². The average Bonchev–Trinajstić information content (AvgIpc) is 2.47. The summed E-state index contributed by atoms with van der Waals surface area (Å²) in [6.45, 7) is 24.3. The molecule has 0 aromatic carbocycles. The second kappa shape index (κ2) is 10.5. The van der Waals surface area contributed by atoms with Crippen LogP contribution in [0, 0.1) is 11.8 Å². The Hall–Kier alpha value is -0.0500.